The molecule has 212 valence electrons. The normalized spacial score (nSPS) is 21.9. The minimum absolute atomic E-state index is 0.0980. The van der Waals surface area contributed by atoms with Crippen molar-refractivity contribution >= 4 is 22.0 Å². The van der Waals surface area contributed by atoms with E-state index in [1.165, 1.54) is 6.07 Å². The zero-order valence-corrected chi connectivity index (χ0v) is 23.2. The quantitative estimate of drug-likeness (QED) is 0.397. The Morgan fingerprint density at radius 1 is 1.10 bits per heavy atom. The zero-order valence-electron chi connectivity index (χ0n) is 22.4. The summed E-state index contributed by atoms with van der Waals surface area (Å²) in [5.41, 5.74) is 1.27. The molecule has 0 bridgehead atoms. The van der Waals surface area contributed by atoms with E-state index in [-0.39, 0.29) is 24.6 Å². The molecule has 2 saturated heterocycles. The Kier molecular flexibility index (Phi) is 8.02. The SMILES string of the molecule is CC1(C)OC(=NC(CCO)c2ccccc2F)NS(=O)(=O)C1c1ccc(-c2cnc(N3CCNCC3)nc2)cc1. The number of aliphatic imine (C=N–C) groups is 1. The van der Waals surface area contributed by atoms with Gasteiger partial charge >= 0.3 is 0 Å². The van der Waals surface area contributed by atoms with Gasteiger partial charge in [0, 0.05) is 56.3 Å². The first kappa shape index (κ1) is 27.9. The highest BCUT2D eigenvalue weighted by Gasteiger charge is 2.48. The zero-order chi connectivity index (χ0) is 28.3. The van der Waals surface area contributed by atoms with Crippen LogP contribution in [0.5, 0.6) is 0 Å². The van der Waals surface area contributed by atoms with E-state index in [4.69, 9.17) is 4.74 Å². The average molecular weight is 569 g/mol. The highest BCUT2D eigenvalue weighted by atomic mass is 32.2. The number of amidine groups is 1. The number of hydrogen-bond donors (Lipinski definition) is 3. The maximum Gasteiger partial charge on any atom is 0.299 e. The van der Waals surface area contributed by atoms with E-state index in [0.717, 1.165) is 37.3 Å². The smallest absolute Gasteiger partial charge is 0.299 e. The largest absolute Gasteiger partial charge is 0.457 e. The third kappa shape index (κ3) is 5.93. The van der Waals surface area contributed by atoms with Crippen molar-refractivity contribution in [1.29, 1.82) is 0 Å². The molecule has 0 radical (unpaired) electrons. The van der Waals surface area contributed by atoms with Crippen LogP contribution in [0, 0.1) is 5.82 Å². The van der Waals surface area contributed by atoms with Crippen molar-refractivity contribution in [2.24, 2.45) is 4.99 Å². The molecule has 2 atom stereocenters. The van der Waals surface area contributed by atoms with Gasteiger partial charge < -0.3 is 20.1 Å². The van der Waals surface area contributed by atoms with Gasteiger partial charge in [0.1, 0.15) is 16.7 Å². The van der Waals surface area contributed by atoms with Gasteiger partial charge in [-0.2, -0.15) is 0 Å². The Morgan fingerprint density at radius 2 is 1.77 bits per heavy atom. The number of anilines is 1. The number of sulfonamides is 1. The number of nitrogens with one attached hydrogen (secondary N) is 2. The van der Waals surface area contributed by atoms with Gasteiger partial charge in [-0.1, -0.05) is 42.5 Å². The average Bonchev–Trinajstić information content (AvgIpc) is 2.93. The first-order valence-corrected chi connectivity index (χ1v) is 14.7. The van der Waals surface area contributed by atoms with Crippen LogP contribution in [0.25, 0.3) is 11.1 Å². The number of halogens is 1. The second kappa shape index (κ2) is 11.5. The molecule has 5 rings (SSSR count). The molecule has 2 aromatic carbocycles. The molecule has 2 unspecified atom stereocenters. The first-order valence-electron chi connectivity index (χ1n) is 13.2. The Bertz CT molecular complexity index is 1460. The predicted octanol–water partition coefficient (Wildman–Crippen LogP) is 2.94. The van der Waals surface area contributed by atoms with E-state index >= 15 is 0 Å². The van der Waals surface area contributed by atoms with E-state index in [0.29, 0.717) is 11.5 Å². The summed E-state index contributed by atoms with van der Waals surface area (Å²) in [5.74, 6) is 0.193. The summed E-state index contributed by atoms with van der Waals surface area (Å²) < 4.78 is 49.8. The molecule has 3 N–H and O–H groups in total. The number of piperazine rings is 1. The predicted molar refractivity (Wildman–Crippen MR) is 151 cm³/mol. The van der Waals surface area contributed by atoms with Crippen LogP contribution in [0.15, 0.2) is 65.9 Å². The summed E-state index contributed by atoms with van der Waals surface area (Å²) in [4.78, 5) is 15.5. The van der Waals surface area contributed by atoms with Crippen LogP contribution in [0.4, 0.5) is 10.3 Å². The van der Waals surface area contributed by atoms with Crippen LogP contribution in [-0.2, 0) is 14.8 Å². The van der Waals surface area contributed by atoms with Crippen LogP contribution in [0.1, 0.15) is 42.7 Å². The van der Waals surface area contributed by atoms with Crippen LogP contribution < -0.4 is 14.9 Å². The molecule has 40 heavy (non-hydrogen) atoms. The number of aliphatic hydroxyl groups is 1. The lowest BCUT2D eigenvalue weighted by atomic mass is 9.96. The fourth-order valence-electron chi connectivity index (χ4n) is 5.16. The van der Waals surface area contributed by atoms with Crippen LogP contribution in [-0.4, -0.2) is 67.9 Å². The Morgan fingerprint density at radius 3 is 2.40 bits per heavy atom. The van der Waals surface area contributed by atoms with Gasteiger partial charge in [0.15, 0.2) is 0 Å². The molecule has 2 fully saturated rings. The number of aliphatic hydroxyl groups excluding tert-OH is 1. The third-order valence-electron chi connectivity index (χ3n) is 7.06. The maximum absolute atomic E-state index is 14.4. The summed E-state index contributed by atoms with van der Waals surface area (Å²) >= 11 is 0. The Balaban J connectivity index is 1.36. The topological polar surface area (TPSA) is 129 Å². The van der Waals surface area contributed by atoms with Crippen molar-refractivity contribution in [1.82, 2.24) is 20.0 Å². The molecule has 0 spiro atoms. The number of ether oxygens (including phenoxy) is 1. The minimum atomic E-state index is -3.98. The van der Waals surface area contributed by atoms with E-state index < -0.39 is 32.7 Å². The highest BCUT2D eigenvalue weighted by Crippen LogP contribution is 2.39. The molecule has 3 heterocycles. The second-order valence-electron chi connectivity index (χ2n) is 10.3. The molecule has 2 aliphatic heterocycles. The molecular formula is C28H33FN6O4S. The van der Waals surface area contributed by atoms with Gasteiger partial charge in [-0.15, -0.1) is 0 Å². The third-order valence-corrected chi connectivity index (χ3v) is 8.98. The molecule has 0 aliphatic carbocycles. The van der Waals surface area contributed by atoms with Gasteiger partial charge in [0.25, 0.3) is 6.02 Å². The fourth-order valence-corrected chi connectivity index (χ4v) is 6.93. The van der Waals surface area contributed by atoms with Crippen LogP contribution >= 0.6 is 0 Å². The van der Waals surface area contributed by atoms with Gasteiger partial charge in [0.2, 0.25) is 16.0 Å². The summed E-state index contributed by atoms with van der Waals surface area (Å²) in [5, 5.41) is 11.8. The number of rotatable bonds is 7. The van der Waals surface area contributed by atoms with Crippen molar-refractivity contribution < 1.29 is 22.7 Å². The molecule has 2 aliphatic rings. The summed E-state index contributed by atoms with van der Waals surface area (Å²) in [6.45, 7) is 6.59. The molecule has 12 heteroatoms. The standard InChI is InChI=1S/C28H33FN6O4S/c1-28(2)25(40(37,38)34-27(39-28)33-24(11-16-36)22-5-3-4-6-23(22)29)20-9-7-19(8-10-20)21-17-31-26(32-18-21)35-14-12-30-13-15-35/h3-10,17-18,24-25,30,36H,11-16H2,1-2H3,(H,33,34). The van der Waals surface area contributed by atoms with Crippen LogP contribution in [0.2, 0.25) is 0 Å². The summed E-state index contributed by atoms with van der Waals surface area (Å²) in [7, 11) is -3.98. The van der Waals surface area contributed by atoms with E-state index in [1.807, 2.05) is 12.1 Å². The van der Waals surface area contributed by atoms with E-state index in [1.54, 1.807) is 56.6 Å². The lowest BCUT2D eigenvalue weighted by Crippen LogP contribution is -2.53. The van der Waals surface area contributed by atoms with Crippen molar-refractivity contribution in [3.8, 4) is 11.1 Å². The highest BCUT2D eigenvalue weighted by molar-refractivity contribution is 7.90. The molecule has 10 nitrogen and oxygen atoms in total. The van der Waals surface area contributed by atoms with E-state index in [9.17, 15) is 17.9 Å². The minimum Gasteiger partial charge on any atom is -0.457 e. The number of hydrogen-bond acceptors (Lipinski definition) is 9. The van der Waals surface area contributed by atoms with Crippen molar-refractivity contribution in [3.05, 3.63) is 77.9 Å². The Labute approximate surface area is 233 Å². The lowest BCUT2D eigenvalue weighted by molar-refractivity contribution is 0.0758. The summed E-state index contributed by atoms with van der Waals surface area (Å²) in [6.07, 6.45) is 3.64. The number of aromatic nitrogens is 2. The van der Waals surface area contributed by atoms with Crippen LogP contribution in [0.3, 0.4) is 0 Å². The van der Waals surface area contributed by atoms with Crippen molar-refractivity contribution in [2.75, 3.05) is 37.7 Å². The molecule has 1 aromatic heterocycles. The van der Waals surface area contributed by atoms with Crippen molar-refractivity contribution in [3.63, 3.8) is 0 Å². The molecule has 0 saturated carbocycles. The van der Waals surface area contributed by atoms with Gasteiger partial charge in [0.05, 0.1) is 6.04 Å². The fraction of sp³-hybridized carbons (Fsp3) is 0.393. The summed E-state index contributed by atoms with van der Waals surface area (Å²) in [6, 6.07) is 12.2. The van der Waals surface area contributed by atoms with Gasteiger partial charge in [-0.25, -0.2) is 32.5 Å². The first-order chi connectivity index (χ1) is 19.2. The number of benzene rings is 2. The molecular weight excluding hydrogens is 535 g/mol. The van der Waals surface area contributed by atoms with Gasteiger partial charge in [-0.05, 0) is 37.5 Å². The van der Waals surface area contributed by atoms with E-state index in [2.05, 4.69) is 29.9 Å². The van der Waals surface area contributed by atoms with Crippen molar-refractivity contribution in [2.45, 2.75) is 37.2 Å². The second-order valence-corrected chi connectivity index (χ2v) is 12.1. The monoisotopic (exact) mass is 568 g/mol. The lowest BCUT2D eigenvalue weighted by Gasteiger charge is -2.39. The number of nitrogens with zero attached hydrogens (tertiary/aromatic N) is 4. The molecule has 3 aromatic rings. The maximum atomic E-state index is 14.4. The van der Waals surface area contributed by atoms with Gasteiger partial charge in [-0.3, -0.25) is 0 Å². The molecule has 0 amide bonds. The Hall–Kier alpha value is -3.61.